The van der Waals surface area contributed by atoms with Crippen molar-refractivity contribution in [3.05, 3.63) is 95.0 Å². The molecule has 3 aliphatic rings. The van der Waals surface area contributed by atoms with Gasteiger partial charge in [0, 0.05) is 19.6 Å². The van der Waals surface area contributed by atoms with E-state index in [1.807, 2.05) is 30.4 Å². The zero-order valence-corrected chi connectivity index (χ0v) is 20.4. The van der Waals surface area contributed by atoms with Gasteiger partial charge in [-0.15, -0.1) is 0 Å². The Morgan fingerprint density at radius 2 is 2.03 bits per heavy atom. The van der Waals surface area contributed by atoms with Crippen LogP contribution in [0.15, 0.2) is 89.4 Å². The molecule has 3 unspecified atom stereocenters. The Kier molecular flexibility index (Phi) is 7.20. The molecule has 7 nitrogen and oxygen atoms in total. The molecule has 0 spiro atoms. The quantitative estimate of drug-likeness (QED) is 0.581. The van der Waals surface area contributed by atoms with E-state index in [0.717, 1.165) is 6.42 Å². The molecule has 0 aromatic heterocycles. The summed E-state index contributed by atoms with van der Waals surface area (Å²) in [5.74, 6) is -0.858. The minimum atomic E-state index is -0.902. The van der Waals surface area contributed by atoms with E-state index in [2.05, 4.69) is 35.7 Å². The number of benzene rings is 2. The Morgan fingerprint density at radius 1 is 1.19 bits per heavy atom. The van der Waals surface area contributed by atoms with Gasteiger partial charge in [0.2, 0.25) is 5.91 Å². The molecule has 0 radical (unpaired) electrons. The lowest BCUT2D eigenvalue weighted by molar-refractivity contribution is -0.143. The molecular formula is C30H28N2O5. The molecule has 0 bridgehead atoms. The van der Waals surface area contributed by atoms with Crippen molar-refractivity contribution < 1.29 is 24.2 Å². The fourth-order valence-corrected chi connectivity index (χ4v) is 5.14. The van der Waals surface area contributed by atoms with E-state index >= 15 is 0 Å². The Bertz CT molecular complexity index is 1390. The Balaban J connectivity index is 1.17. The van der Waals surface area contributed by atoms with Crippen LogP contribution in [0.2, 0.25) is 0 Å². The summed E-state index contributed by atoms with van der Waals surface area (Å²) in [5.41, 5.74) is 2.14. The lowest BCUT2D eigenvalue weighted by atomic mass is 9.83. The maximum Gasteiger partial charge on any atom is 0.310 e. The SMILES string of the molecule is N#CC1=C(OC2=CCC(C(=O)NCCc3cccc4ccccc34)C=C2)CC2OCCC(C(=O)O)C2=C1. The largest absolute Gasteiger partial charge is 0.481 e. The summed E-state index contributed by atoms with van der Waals surface area (Å²) in [7, 11) is 0. The first-order valence-corrected chi connectivity index (χ1v) is 12.5. The van der Waals surface area contributed by atoms with Gasteiger partial charge in [-0.2, -0.15) is 5.26 Å². The predicted molar refractivity (Wildman–Crippen MR) is 138 cm³/mol. The van der Waals surface area contributed by atoms with Crippen LogP contribution in [0.1, 0.15) is 24.8 Å². The van der Waals surface area contributed by atoms with Crippen molar-refractivity contribution in [3.63, 3.8) is 0 Å². The Morgan fingerprint density at radius 3 is 2.81 bits per heavy atom. The number of carboxylic acid groups (broad SMARTS) is 1. The van der Waals surface area contributed by atoms with E-state index in [4.69, 9.17) is 9.47 Å². The zero-order chi connectivity index (χ0) is 25.8. The third-order valence-corrected chi connectivity index (χ3v) is 7.12. The summed E-state index contributed by atoms with van der Waals surface area (Å²) in [5, 5.41) is 24.6. The van der Waals surface area contributed by atoms with Crippen molar-refractivity contribution in [1.82, 2.24) is 5.32 Å². The number of carbonyl (C=O) groups excluding carboxylic acids is 1. The molecule has 1 amide bonds. The van der Waals surface area contributed by atoms with Crippen molar-refractivity contribution in [2.24, 2.45) is 11.8 Å². The molecule has 2 aromatic carbocycles. The number of hydrogen-bond donors (Lipinski definition) is 2. The fourth-order valence-electron chi connectivity index (χ4n) is 5.14. The van der Waals surface area contributed by atoms with Gasteiger partial charge in [0.15, 0.2) is 0 Å². The van der Waals surface area contributed by atoms with Crippen LogP contribution in [0.5, 0.6) is 0 Å². The molecule has 3 atom stereocenters. The number of ether oxygens (including phenoxy) is 2. The molecule has 188 valence electrons. The van der Waals surface area contributed by atoms with E-state index in [0.29, 0.717) is 55.1 Å². The van der Waals surface area contributed by atoms with Gasteiger partial charge in [-0.25, -0.2) is 0 Å². The number of carbonyl (C=O) groups is 2. The average molecular weight is 497 g/mol. The van der Waals surface area contributed by atoms with E-state index in [-0.39, 0.29) is 11.8 Å². The highest BCUT2D eigenvalue weighted by molar-refractivity contribution is 5.86. The van der Waals surface area contributed by atoms with Gasteiger partial charge in [-0.3, -0.25) is 9.59 Å². The third kappa shape index (κ3) is 5.35. The second-order valence-electron chi connectivity index (χ2n) is 9.43. The second-order valence-corrected chi connectivity index (χ2v) is 9.43. The first-order valence-electron chi connectivity index (χ1n) is 12.5. The number of nitrogens with one attached hydrogen (secondary N) is 1. The van der Waals surface area contributed by atoms with Crippen molar-refractivity contribution >= 4 is 22.6 Å². The number of allylic oxidation sites excluding steroid dienone is 4. The molecule has 1 heterocycles. The number of rotatable bonds is 7. The van der Waals surface area contributed by atoms with Gasteiger partial charge < -0.3 is 19.9 Å². The minimum Gasteiger partial charge on any atom is -0.481 e. The van der Waals surface area contributed by atoms with Gasteiger partial charge in [0.05, 0.1) is 23.5 Å². The van der Waals surface area contributed by atoms with Crippen LogP contribution in [0.4, 0.5) is 0 Å². The molecule has 2 aromatic rings. The lowest BCUT2D eigenvalue weighted by Crippen LogP contribution is -2.35. The minimum absolute atomic E-state index is 0.0377. The molecule has 2 N–H and O–H groups in total. The normalized spacial score (nSPS) is 22.9. The molecule has 1 aliphatic heterocycles. The van der Waals surface area contributed by atoms with E-state index in [1.54, 1.807) is 12.2 Å². The van der Waals surface area contributed by atoms with Crippen LogP contribution >= 0.6 is 0 Å². The van der Waals surface area contributed by atoms with E-state index < -0.39 is 18.0 Å². The first kappa shape index (κ1) is 24.5. The van der Waals surface area contributed by atoms with Crippen LogP contribution in [-0.2, 0) is 25.5 Å². The lowest BCUT2D eigenvalue weighted by Gasteiger charge is -2.34. The standard InChI is InChI=1S/C30H28N2O5/c31-18-22-16-26-25(30(34)35)13-15-36-28(26)17-27(22)37-23-10-8-21(9-11-23)29(33)32-14-12-20-6-3-5-19-4-1-2-7-24(19)20/h1-8,10-11,16,21,25,28H,9,12-15,17H2,(H,32,33)(H,34,35). The van der Waals surface area contributed by atoms with Gasteiger partial charge in [-0.1, -0.05) is 48.5 Å². The van der Waals surface area contributed by atoms with Crippen LogP contribution < -0.4 is 5.32 Å². The van der Waals surface area contributed by atoms with Crippen molar-refractivity contribution in [2.45, 2.75) is 31.8 Å². The van der Waals surface area contributed by atoms with Crippen LogP contribution in [0, 0.1) is 23.2 Å². The van der Waals surface area contributed by atoms with Crippen LogP contribution in [0.3, 0.4) is 0 Å². The van der Waals surface area contributed by atoms with Gasteiger partial charge in [0.25, 0.3) is 0 Å². The summed E-state index contributed by atoms with van der Waals surface area (Å²) in [6.45, 7) is 0.907. The maximum atomic E-state index is 12.7. The molecule has 2 aliphatic carbocycles. The molecule has 37 heavy (non-hydrogen) atoms. The van der Waals surface area contributed by atoms with E-state index in [1.165, 1.54) is 16.3 Å². The number of nitrogens with zero attached hydrogens (tertiary/aromatic N) is 1. The predicted octanol–water partition coefficient (Wildman–Crippen LogP) is 4.57. The summed E-state index contributed by atoms with van der Waals surface area (Å²) >= 11 is 0. The van der Waals surface area contributed by atoms with Gasteiger partial charge in [0.1, 0.15) is 17.6 Å². The summed E-state index contributed by atoms with van der Waals surface area (Å²) < 4.78 is 11.8. The Labute approximate surface area is 215 Å². The fraction of sp³-hybridized carbons (Fsp3) is 0.300. The number of fused-ring (bicyclic) bond motifs is 2. The monoisotopic (exact) mass is 496 g/mol. The molecule has 1 fully saturated rings. The number of amides is 1. The number of carboxylic acids is 1. The highest BCUT2D eigenvalue weighted by Gasteiger charge is 2.37. The van der Waals surface area contributed by atoms with Crippen molar-refractivity contribution in [1.29, 1.82) is 5.26 Å². The molecule has 5 rings (SSSR count). The molecule has 0 saturated carbocycles. The molecule has 1 saturated heterocycles. The van der Waals surface area contributed by atoms with Gasteiger partial charge >= 0.3 is 5.97 Å². The number of hydrogen-bond acceptors (Lipinski definition) is 5. The highest BCUT2D eigenvalue weighted by Crippen LogP contribution is 2.37. The second kappa shape index (κ2) is 10.9. The number of nitriles is 1. The topological polar surface area (TPSA) is 109 Å². The smallest absolute Gasteiger partial charge is 0.310 e. The molecular weight excluding hydrogens is 468 g/mol. The average Bonchev–Trinajstić information content (AvgIpc) is 2.92. The third-order valence-electron chi connectivity index (χ3n) is 7.12. The Hall–Kier alpha value is -4.15. The van der Waals surface area contributed by atoms with E-state index in [9.17, 15) is 20.0 Å². The highest BCUT2D eigenvalue weighted by atomic mass is 16.5. The molecule has 7 heteroatoms. The van der Waals surface area contributed by atoms with Gasteiger partial charge in [-0.05, 0) is 59.4 Å². The van der Waals surface area contributed by atoms with Crippen molar-refractivity contribution in [2.75, 3.05) is 13.2 Å². The number of aliphatic carboxylic acids is 1. The zero-order valence-electron chi connectivity index (χ0n) is 20.4. The summed E-state index contributed by atoms with van der Waals surface area (Å²) in [4.78, 5) is 24.3. The van der Waals surface area contributed by atoms with Crippen LogP contribution in [-0.4, -0.2) is 36.2 Å². The summed E-state index contributed by atoms with van der Waals surface area (Å²) in [6, 6.07) is 16.6. The maximum absolute atomic E-state index is 12.7. The first-order chi connectivity index (χ1) is 18.0. The van der Waals surface area contributed by atoms with Crippen LogP contribution in [0.25, 0.3) is 10.8 Å². The summed E-state index contributed by atoms with van der Waals surface area (Å²) in [6.07, 6.45) is 8.55. The van der Waals surface area contributed by atoms with Crippen molar-refractivity contribution in [3.8, 4) is 6.07 Å².